The molecule has 13 heavy (non-hydrogen) atoms. The third kappa shape index (κ3) is 1.65. The van der Waals surface area contributed by atoms with Crippen molar-refractivity contribution in [1.82, 2.24) is 0 Å². The zero-order valence-corrected chi connectivity index (χ0v) is 9.76. The first kappa shape index (κ1) is 9.21. The van der Waals surface area contributed by atoms with Crippen LogP contribution in [-0.4, -0.2) is 17.2 Å². The zero-order valence-electron chi connectivity index (χ0n) is 6.59. The summed E-state index contributed by atoms with van der Waals surface area (Å²) in [4.78, 5) is 11.4. The van der Waals surface area contributed by atoms with Crippen LogP contribution in [0.1, 0.15) is 10.4 Å². The molecule has 4 heteroatoms. The van der Waals surface area contributed by atoms with Gasteiger partial charge in [-0.2, -0.15) is 0 Å². The molecule has 0 saturated carbocycles. The molecule has 1 aromatic carbocycles. The number of carbonyl (C=O) groups is 1. The molecule has 0 amide bonds. The summed E-state index contributed by atoms with van der Waals surface area (Å²) in [7, 11) is 0. The molecule has 0 unspecified atom stereocenters. The molecule has 1 atom stereocenters. The molecule has 1 aliphatic rings. The first-order valence-corrected chi connectivity index (χ1v) is 5.50. The number of rotatable bonds is 0. The van der Waals surface area contributed by atoms with Crippen molar-refractivity contribution in [2.75, 3.05) is 6.61 Å². The maximum atomic E-state index is 11.6. The third-order valence-electron chi connectivity index (χ3n) is 1.88. The van der Waals surface area contributed by atoms with E-state index in [2.05, 4.69) is 31.9 Å². The largest absolute Gasteiger partial charge is 0.491 e. The van der Waals surface area contributed by atoms with E-state index in [1.54, 1.807) is 6.07 Å². The Hall–Kier alpha value is -0.350. The topological polar surface area (TPSA) is 26.3 Å². The average molecular weight is 306 g/mol. The van der Waals surface area contributed by atoms with Crippen LogP contribution in [0.15, 0.2) is 22.7 Å². The van der Waals surface area contributed by atoms with Gasteiger partial charge in [0, 0.05) is 4.47 Å². The van der Waals surface area contributed by atoms with Crippen molar-refractivity contribution >= 4 is 37.6 Å². The molecule has 1 aliphatic heterocycles. The van der Waals surface area contributed by atoms with Crippen LogP contribution >= 0.6 is 31.9 Å². The maximum absolute atomic E-state index is 11.6. The van der Waals surface area contributed by atoms with Gasteiger partial charge in [-0.05, 0) is 18.2 Å². The smallest absolute Gasteiger partial charge is 0.183 e. The van der Waals surface area contributed by atoms with Crippen LogP contribution in [0.4, 0.5) is 0 Å². The van der Waals surface area contributed by atoms with Crippen molar-refractivity contribution in [2.45, 2.75) is 4.83 Å². The predicted molar refractivity (Wildman–Crippen MR) is 56.7 cm³/mol. The minimum absolute atomic E-state index is 0.0914. The average Bonchev–Trinajstić information content (AvgIpc) is 2.12. The van der Waals surface area contributed by atoms with Crippen molar-refractivity contribution in [3.63, 3.8) is 0 Å². The molecule has 0 N–H and O–H groups in total. The molecule has 0 aromatic heterocycles. The van der Waals surface area contributed by atoms with E-state index in [0.29, 0.717) is 17.9 Å². The highest BCUT2D eigenvalue weighted by Crippen LogP contribution is 2.29. The molecular weight excluding hydrogens is 300 g/mol. The van der Waals surface area contributed by atoms with Crippen LogP contribution in [-0.2, 0) is 0 Å². The van der Waals surface area contributed by atoms with E-state index in [1.165, 1.54) is 0 Å². The van der Waals surface area contributed by atoms with Gasteiger partial charge in [0.2, 0.25) is 0 Å². The van der Waals surface area contributed by atoms with Gasteiger partial charge in [-0.15, -0.1) is 0 Å². The van der Waals surface area contributed by atoms with Gasteiger partial charge in [0.15, 0.2) is 5.78 Å². The Kier molecular flexibility index (Phi) is 2.43. The van der Waals surface area contributed by atoms with Crippen molar-refractivity contribution < 1.29 is 9.53 Å². The highest BCUT2D eigenvalue weighted by Gasteiger charge is 2.26. The van der Waals surface area contributed by atoms with Crippen LogP contribution in [0.25, 0.3) is 0 Å². The molecule has 2 rings (SSSR count). The van der Waals surface area contributed by atoms with Crippen LogP contribution in [0.5, 0.6) is 5.75 Å². The van der Waals surface area contributed by atoms with Crippen LogP contribution < -0.4 is 4.74 Å². The summed E-state index contributed by atoms with van der Waals surface area (Å²) in [5.41, 5.74) is 0.649. The molecule has 1 aromatic rings. The van der Waals surface area contributed by atoms with Gasteiger partial charge in [0.05, 0.1) is 5.56 Å². The van der Waals surface area contributed by atoms with Gasteiger partial charge in [0.1, 0.15) is 17.2 Å². The van der Waals surface area contributed by atoms with Crippen LogP contribution in [0.2, 0.25) is 0 Å². The van der Waals surface area contributed by atoms with Crippen LogP contribution in [0.3, 0.4) is 0 Å². The number of hydrogen-bond donors (Lipinski definition) is 0. The Morgan fingerprint density at radius 1 is 1.46 bits per heavy atom. The summed E-state index contributed by atoms with van der Waals surface area (Å²) in [5.74, 6) is 0.754. The quantitative estimate of drug-likeness (QED) is 0.689. The standard InChI is InChI=1S/C9H6Br2O2/c10-5-1-2-6-8(3-5)13-4-7(11)9(6)12/h1-3,7H,4H2/t7-/m1/s1. The number of carbonyl (C=O) groups excluding carboxylic acids is 1. The van der Waals surface area contributed by atoms with E-state index < -0.39 is 0 Å². The Morgan fingerprint density at radius 2 is 2.23 bits per heavy atom. The molecule has 1 heterocycles. The SMILES string of the molecule is O=C1c2ccc(Br)cc2OC[C@H]1Br. The van der Waals surface area contributed by atoms with E-state index >= 15 is 0 Å². The molecule has 0 saturated heterocycles. The maximum Gasteiger partial charge on any atom is 0.183 e. The van der Waals surface area contributed by atoms with Gasteiger partial charge >= 0.3 is 0 Å². The Balaban J connectivity index is 2.50. The van der Waals surface area contributed by atoms with Gasteiger partial charge in [-0.1, -0.05) is 31.9 Å². The fraction of sp³-hybridized carbons (Fsp3) is 0.222. The van der Waals surface area contributed by atoms with Gasteiger partial charge in [-0.3, -0.25) is 4.79 Å². The third-order valence-corrected chi connectivity index (χ3v) is 3.05. The predicted octanol–water partition coefficient (Wildman–Crippen LogP) is 2.79. The Labute approximate surface area is 92.5 Å². The number of Topliss-reactive ketones (excluding diaryl/α,β-unsaturated/α-hetero) is 1. The molecule has 0 bridgehead atoms. The van der Waals surface area contributed by atoms with Crippen LogP contribution in [0, 0.1) is 0 Å². The second-order valence-electron chi connectivity index (χ2n) is 2.78. The summed E-state index contributed by atoms with van der Waals surface area (Å²) < 4.78 is 6.31. The second kappa shape index (κ2) is 3.42. The van der Waals surface area contributed by atoms with E-state index in [1.807, 2.05) is 12.1 Å². The monoisotopic (exact) mass is 304 g/mol. The van der Waals surface area contributed by atoms with E-state index in [9.17, 15) is 4.79 Å². The van der Waals surface area contributed by atoms with Crippen molar-refractivity contribution in [3.05, 3.63) is 28.2 Å². The second-order valence-corrected chi connectivity index (χ2v) is 4.80. The number of ketones is 1. The molecule has 0 spiro atoms. The lowest BCUT2D eigenvalue weighted by Gasteiger charge is -2.20. The number of halogens is 2. The number of fused-ring (bicyclic) bond motifs is 1. The number of alkyl halides is 1. The van der Waals surface area contributed by atoms with Crippen molar-refractivity contribution in [3.8, 4) is 5.75 Å². The van der Waals surface area contributed by atoms with Crippen molar-refractivity contribution in [2.24, 2.45) is 0 Å². The molecule has 0 fully saturated rings. The molecular formula is C9H6Br2O2. The number of benzene rings is 1. The van der Waals surface area contributed by atoms with Crippen molar-refractivity contribution in [1.29, 1.82) is 0 Å². The van der Waals surface area contributed by atoms with Gasteiger partial charge in [0.25, 0.3) is 0 Å². The normalized spacial score (nSPS) is 20.8. The lowest BCUT2D eigenvalue weighted by Crippen LogP contribution is -2.27. The lowest BCUT2D eigenvalue weighted by atomic mass is 10.1. The minimum atomic E-state index is -0.207. The van der Waals surface area contributed by atoms with E-state index in [-0.39, 0.29) is 10.6 Å². The summed E-state index contributed by atoms with van der Waals surface area (Å²) in [6.07, 6.45) is 0. The molecule has 2 nitrogen and oxygen atoms in total. The summed E-state index contributed by atoms with van der Waals surface area (Å²) >= 11 is 6.58. The first-order chi connectivity index (χ1) is 6.18. The summed E-state index contributed by atoms with van der Waals surface area (Å²) in [5, 5.41) is 0. The molecule has 0 aliphatic carbocycles. The van der Waals surface area contributed by atoms with Gasteiger partial charge in [-0.25, -0.2) is 0 Å². The molecule has 0 radical (unpaired) electrons. The summed E-state index contributed by atoms with van der Waals surface area (Å²) in [6.45, 7) is 0.405. The zero-order chi connectivity index (χ0) is 9.42. The number of hydrogen-bond acceptors (Lipinski definition) is 2. The fourth-order valence-electron chi connectivity index (χ4n) is 1.23. The number of ether oxygens (including phenoxy) is 1. The highest BCUT2D eigenvalue weighted by molar-refractivity contribution is 9.10. The first-order valence-electron chi connectivity index (χ1n) is 3.79. The minimum Gasteiger partial charge on any atom is -0.491 e. The van der Waals surface area contributed by atoms with Gasteiger partial charge < -0.3 is 4.74 Å². The van der Waals surface area contributed by atoms with E-state index in [0.717, 1.165) is 4.47 Å². The Bertz CT molecular complexity index is 363. The Morgan fingerprint density at radius 3 is 3.00 bits per heavy atom. The summed E-state index contributed by atoms with van der Waals surface area (Å²) in [6, 6.07) is 5.42. The molecule has 68 valence electrons. The fourth-order valence-corrected chi connectivity index (χ4v) is 1.95. The van der Waals surface area contributed by atoms with E-state index in [4.69, 9.17) is 4.74 Å². The highest BCUT2D eigenvalue weighted by atomic mass is 79.9. The lowest BCUT2D eigenvalue weighted by molar-refractivity contribution is 0.0946.